The van der Waals surface area contributed by atoms with Crippen molar-refractivity contribution >= 4 is 85.4 Å². The van der Waals surface area contributed by atoms with E-state index >= 15 is 0 Å². The molecular formula is C50H30S. The predicted molar refractivity (Wildman–Crippen MR) is 223 cm³/mol. The van der Waals surface area contributed by atoms with E-state index in [9.17, 15) is 0 Å². The third-order valence-corrected chi connectivity index (χ3v) is 12.0. The highest BCUT2D eigenvalue weighted by Gasteiger charge is 2.20. The standard InChI is InChI=1S/C50H30S/c1-2-14-31(15-3-1)33-28-29-43(35-17-5-4-16-34(33)35)48-41-23-11-9-21-39(41)47(40-22-10-12-24-42(40)48)32-26-27-45-46(30-32)51-50-44-25-13-7-19-37(44)36-18-6-8-20-38(36)49(45)50/h1-30H. The summed E-state index contributed by atoms with van der Waals surface area (Å²) >= 11 is 1.93. The Morgan fingerprint density at radius 1 is 0.275 bits per heavy atom. The van der Waals surface area contributed by atoms with Crippen molar-refractivity contribution in [3.05, 3.63) is 182 Å². The largest absolute Gasteiger partial charge is 0.134 e. The molecule has 0 N–H and O–H groups in total. The molecule has 1 heteroatoms. The Morgan fingerprint density at radius 3 is 1.39 bits per heavy atom. The SMILES string of the molecule is c1ccc(-c2ccc(-c3c4ccccc4c(-c4ccc5c(c4)sc4c6ccccc6c6ccccc6c54)c4ccccc34)c3ccccc23)cc1. The van der Waals surface area contributed by atoms with Crippen LogP contribution in [0, 0.1) is 0 Å². The highest BCUT2D eigenvalue weighted by molar-refractivity contribution is 7.27. The molecule has 51 heavy (non-hydrogen) atoms. The van der Waals surface area contributed by atoms with Crippen molar-refractivity contribution in [3.63, 3.8) is 0 Å². The number of thiophene rings is 1. The summed E-state index contributed by atoms with van der Waals surface area (Å²) in [5, 5.41) is 15.7. The minimum atomic E-state index is 1.24. The maximum atomic E-state index is 2.45. The van der Waals surface area contributed by atoms with E-state index in [0.29, 0.717) is 0 Å². The summed E-state index contributed by atoms with van der Waals surface area (Å²) in [4.78, 5) is 0. The highest BCUT2D eigenvalue weighted by Crippen LogP contribution is 2.49. The molecule has 0 amide bonds. The summed E-state index contributed by atoms with van der Waals surface area (Å²) in [6, 6.07) is 67.3. The molecule has 0 unspecified atom stereocenters. The normalized spacial score (nSPS) is 11.9. The van der Waals surface area contributed by atoms with Crippen molar-refractivity contribution in [1.82, 2.24) is 0 Å². The molecule has 0 radical (unpaired) electrons. The quantitative estimate of drug-likeness (QED) is 0.130. The van der Waals surface area contributed by atoms with Crippen molar-refractivity contribution < 1.29 is 0 Å². The van der Waals surface area contributed by atoms with E-state index in [0.717, 1.165) is 0 Å². The molecular weight excluding hydrogens is 633 g/mol. The van der Waals surface area contributed by atoms with Crippen LogP contribution in [0.1, 0.15) is 0 Å². The van der Waals surface area contributed by atoms with E-state index in [-0.39, 0.29) is 0 Å². The molecule has 0 aliphatic rings. The summed E-state index contributed by atoms with van der Waals surface area (Å²) in [7, 11) is 0. The fraction of sp³-hybridized carbons (Fsp3) is 0. The second-order valence-corrected chi connectivity index (χ2v) is 14.6. The van der Waals surface area contributed by atoms with Crippen molar-refractivity contribution in [1.29, 1.82) is 0 Å². The fourth-order valence-electron chi connectivity index (χ4n) is 8.68. The molecule has 1 heterocycles. The van der Waals surface area contributed by atoms with Crippen LogP contribution < -0.4 is 0 Å². The molecule has 11 rings (SSSR count). The van der Waals surface area contributed by atoms with Crippen LogP contribution in [-0.4, -0.2) is 0 Å². The van der Waals surface area contributed by atoms with Gasteiger partial charge in [-0.05, 0) is 87.9 Å². The van der Waals surface area contributed by atoms with E-state index in [1.165, 1.54) is 107 Å². The monoisotopic (exact) mass is 662 g/mol. The van der Waals surface area contributed by atoms with Crippen LogP contribution in [0.4, 0.5) is 0 Å². The Kier molecular flexibility index (Phi) is 6.22. The van der Waals surface area contributed by atoms with Gasteiger partial charge in [0.25, 0.3) is 0 Å². The first-order valence-corrected chi connectivity index (χ1v) is 18.4. The Morgan fingerprint density at radius 2 is 0.745 bits per heavy atom. The number of benzene rings is 10. The lowest BCUT2D eigenvalue weighted by Crippen LogP contribution is -1.92. The first-order valence-electron chi connectivity index (χ1n) is 17.6. The van der Waals surface area contributed by atoms with Crippen LogP contribution in [-0.2, 0) is 0 Å². The van der Waals surface area contributed by atoms with E-state index in [4.69, 9.17) is 0 Å². The molecule has 0 saturated carbocycles. The van der Waals surface area contributed by atoms with E-state index < -0.39 is 0 Å². The first kappa shape index (κ1) is 28.5. The Hall–Kier alpha value is -6.28. The highest BCUT2D eigenvalue weighted by atomic mass is 32.1. The zero-order valence-corrected chi connectivity index (χ0v) is 28.5. The second kappa shape index (κ2) is 11.1. The minimum absolute atomic E-state index is 1.24. The third-order valence-electron chi connectivity index (χ3n) is 10.8. The molecule has 0 atom stereocenters. The van der Waals surface area contributed by atoms with Crippen molar-refractivity contribution in [2.75, 3.05) is 0 Å². The molecule has 0 fully saturated rings. The summed E-state index contributed by atoms with van der Waals surface area (Å²) in [5.74, 6) is 0. The summed E-state index contributed by atoms with van der Waals surface area (Å²) in [6.45, 7) is 0. The van der Waals surface area contributed by atoms with Crippen molar-refractivity contribution in [2.24, 2.45) is 0 Å². The Balaban J connectivity index is 1.20. The van der Waals surface area contributed by atoms with Gasteiger partial charge in [0.15, 0.2) is 0 Å². The number of hydrogen-bond acceptors (Lipinski definition) is 1. The molecule has 0 aliphatic heterocycles. The Bertz CT molecular complexity index is 3130. The zero-order valence-electron chi connectivity index (χ0n) is 27.7. The number of rotatable bonds is 3. The lowest BCUT2D eigenvalue weighted by atomic mass is 9.83. The molecule has 0 nitrogen and oxygen atoms in total. The maximum Gasteiger partial charge on any atom is 0.0440 e. The van der Waals surface area contributed by atoms with Gasteiger partial charge in [-0.1, -0.05) is 176 Å². The molecule has 236 valence electrons. The fourth-order valence-corrected chi connectivity index (χ4v) is 9.97. The molecule has 0 bridgehead atoms. The summed E-state index contributed by atoms with van der Waals surface area (Å²) in [6.07, 6.45) is 0. The predicted octanol–water partition coefficient (Wildman–Crippen LogP) is 14.8. The van der Waals surface area contributed by atoms with Crippen molar-refractivity contribution in [3.8, 4) is 33.4 Å². The van der Waals surface area contributed by atoms with Crippen LogP contribution in [0.25, 0.3) is 107 Å². The van der Waals surface area contributed by atoms with Gasteiger partial charge in [-0.3, -0.25) is 0 Å². The number of fused-ring (bicyclic) bond motifs is 11. The zero-order chi connectivity index (χ0) is 33.5. The van der Waals surface area contributed by atoms with Gasteiger partial charge < -0.3 is 0 Å². The second-order valence-electron chi connectivity index (χ2n) is 13.5. The summed E-state index contributed by atoms with van der Waals surface area (Å²) < 4.78 is 2.69. The van der Waals surface area contributed by atoms with Gasteiger partial charge in [-0.2, -0.15) is 0 Å². The maximum absolute atomic E-state index is 2.45. The van der Waals surface area contributed by atoms with Gasteiger partial charge in [0.05, 0.1) is 0 Å². The van der Waals surface area contributed by atoms with Gasteiger partial charge >= 0.3 is 0 Å². The smallest absolute Gasteiger partial charge is 0.0440 e. The van der Waals surface area contributed by atoms with E-state index in [2.05, 4.69) is 182 Å². The molecule has 1 aromatic heterocycles. The van der Waals surface area contributed by atoms with Gasteiger partial charge in [-0.25, -0.2) is 0 Å². The van der Waals surface area contributed by atoms with Gasteiger partial charge in [0.1, 0.15) is 0 Å². The Labute approximate surface area is 299 Å². The third kappa shape index (κ3) is 4.19. The van der Waals surface area contributed by atoms with Crippen LogP contribution in [0.2, 0.25) is 0 Å². The van der Waals surface area contributed by atoms with Gasteiger partial charge in [0.2, 0.25) is 0 Å². The topological polar surface area (TPSA) is 0 Å². The first-order chi connectivity index (χ1) is 25.3. The minimum Gasteiger partial charge on any atom is -0.134 e. The van der Waals surface area contributed by atoms with E-state index in [1.807, 2.05) is 11.3 Å². The molecule has 0 spiro atoms. The van der Waals surface area contributed by atoms with Crippen LogP contribution in [0.15, 0.2) is 182 Å². The van der Waals surface area contributed by atoms with Gasteiger partial charge in [0, 0.05) is 25.6 Å². The van der Waals surface area contributed by atoms with Crippen molar-refractivity contribution in [2.45, 2.75) is 0 Å². The molecule has 0 saturated heterocycles. The van der Waals surface area contributed by atoms with Gasteiger partial charge in [-0.15, -0.1) is 11.3 Å². The van der Waals surface area contributed by atoms with Crippen LogP contribution in [0.5, 0.6) is 0 Å². The van der Waals surface area contributed by atoms with E-state index in [1.54, 1.807) is 0 Å². The lowest BCUT2D eigenvalue weighted by Gasteiger charge is -2.19. The molecule has 11 aromatic rings. The lowest BCUT2D eigenvalue weighted by molar-refractivity contribution is 1.64. The average Bonchev–Trinajstić information content (AvgIpc) is 3.59. The molecule has 10 aromatic carbocycles. The number of hydrogen-bond donors (Lipinski definition) is 0. The van der Waals surface area contributed by atoms with Crippen LogP contribution >= 0.6 is 11.3 Å². The van der Waals surface area contributed by atoms with Crippen LogP contribution in [0.3, 0.4) is 0 Å². The average molecular weight is 663 g/mol. The summed E-state index contributed by atoms with van der Waals surface area (Å²) in [5.41, 5.74) is 7.61. The molecule has 0 aliphatic carbocycles.